The number of rotatable bonds is 8. The second-order valence-corrected chi connectivity index (χ2v) is 9.23. The number of nitro benzene ring substituents is 1. The highest BCUT2D eigenvalue weighted by molar-refractivity contribution is 5.52. The van der Waals surface area contributed by atoms with E-state index in [1.165, 1.54) is 68.0 Å². The molecule has 170 valence electrons. The molecule has 1 unspecified atom stereocenters. The zero-order chi connectivity index (χ0) is 22.7. The van der Waals surface area contributed by atoms with Gasteiger partial charge in [0.1, 0.15) is 0 Å². The maximum Gasteiger partial charge on any atom is 0.269 e. The van der Waals surface area contributed by atoms with Gasteiger partial charge in [-0.2, -0.15) is 10.2 Å². The van der Waals surface area contributed by atoms with Crippen molar-refractivity contribution in [2.45, 2.75) is 26.8 Å². The molecule has 8 nitrogen and oxygen atoms in total. The van der Waals surface area contributed by atoms with Gasteiger partial charge in [-0.25, -0.2) is 0 Å². The highest BCUT2D eigenvalue weighted by atomic mass is 16.6. The molecule has 0 aromatic heterocycles. The Labute approximate surface area is 189 Å². The number of non-ortho nitro benzene ring substituents is 1. The summed E-state index contributed by atoms with van der Waals surface area (Å²) in [4.78, 5) is 13.1. The number of benzene rings is 2. The zero-order valence-electron chi connectivity index (χ0n) is 19.3. The molecule has 3 aliphatic rings. The van der Waals surface area contributed by atoms with E-state index in [1.54, 1.807) is 13.0 Å². The van der Waals surface area contributed by atoms with Gasteiger partial charge in [0.15, 0.2) is 0 Å². The van der Waals surface area contributed by atoms with Gasteiger partial charge in [-0.05, 0) is 49.6 Å². The van der Waals surface area contributed by atoms with Gasteiger partial charge in [0.25, 0.3) is 5.69 Å². The SMILES string of the molecule is Cc1cc(C(C)NCC[N+]23CCN(CC2)CC3)ccc1N=Nc1ccc([N+](=O)[O-])cc1C. The largest absolute Gasteiger partial charge is 0.319 e. The smallest absolute Gasteiger partial charge is 0.269 e. The van der Waals surface area contributed by atoms with E-state index < -0.39 is 4.92 Å². The van der Waals surface area contributed by atoms with Crippen molar-refractivity contribution in [3.05, 3.63) is 63.2 Å². The Morgan fingerprint density at radius 1 is 1.03 bits per heavy atom. The number of hydrogen-bond acceptors (Lipinski definition) is 6. The van der Waals surface area contributed by atoms with Crippen LogP contribution >= 0.6 is 0 Å². The van der Waals surface area contributed by atoms with E-state index in [0.717, 1.165) is 23.4 Å². The van der Waals surface area contributed by atoms with Gasteiger partial charge in [-0.1, -0.05) is 12.1 Å². The highest BCUT2D eigenvalue weighted by Gasteiger charge is 2.37. The lowest BCUT2D eigenvalue weighted by atomic mass is 10.0. The lowest BCUT2D eigenvalue weighted by Gasteiger charge is -2.50. The molecule has 8 heteroatoms. The van der Waals surface area contributed by atoms with E-state index in [2.05, 4.69) is 39.5 Å². The lowest BCUT2D eigenvalue weighted by molar-refractivity contribution is -0.939. The minimum atomic E-state index is -0.400. The van der Waals surface area contributed by atoms with Crippen molar-refractivity contribution in [1.29, 1.82) is 0 Å². The first-order chi connectivity index (χ1) is 15.3. The predicted octanol–water partition coefficient (Wildman–Crippen LogP) is 4.42. The molecule has 1 atom stereocenters. The molecule has 3 fully saturated rings. The Balaban J connectivity index is 1.35. The monoisotopic (exact) mass is 437 g/mol. The first-order valence-electron chi connectivity index (χ1n) is 11.4. The van der Waals surface area contributed by atoms with Gasteiger partial charge in [-0.15, -0.1) is 0 Å². The predicted molar refractivity (Wildman–Crippen MR) is 126 cm³/mol. The summed E-state index contributed by atoms with van der Waals surface area (Å²) in [5, 5.41) is 23.3. The molecule has 1 N–H and O–H groups in total. The van der Waals surface area contributed by atoms with Crippen molar-refractivity contribution in [1.82, 2.24) is 10.2 Å². The molecule has 3 heterocycles. The molecule has 0 amide bonds. The van der Waals surface area contributed by atoms with Crippen molar-refractivity contribution in [3.63, 3.8) is 0 Å². The maximum atomic E-state index is 10.9. The third-order valence-corrected chi connectivity index (χ3v) is 7.09. The number of azo groups is 1. The molecule has 0 saturated carbocycles. The van der Waals surface area contributed by atoms with Crippen LogP contribution in [0.5, 0.6) is 0 Å². The molecule has 3 aliphatic heterocycles. The molecule has 5 rings (SSSR count). The van der Waals surface area contributed by atoms with Gasteiger partial charge in [0.2, 0.25) is 0 Å². The molecule has 0 aliphatic carbocycles. The van der Waals surface area contributed by atoms with Crippen LogP contribution in [0.4, 0.5) is 17.1 Å². The second-order valence-electron chi connectivity index (χ2n) is 9.23. The minimum Gasteiger partial charge on any atom is -0.319 e. The van der Waals surface area contributed by atoms with Crippen LogP contribution in [0.15, 0.2) is 46.6 Å². The Morgan fingerprint density at radius 3 is 2.19 bits per heavy atom. The Morgan fingerprint density at radius 2 is 1.62 bits per heavy atom. The van der Waals surface area contributed by atoms with Crippen molar-refractivity contribution >= 4 is 17.1 Å². The summed E-state index contributed by atoms with van der Waals surface area (Å²) < 4.78 is 1.27. The number of nitrogens with one attached hydrogen (secondary N) is 1. The fourth-order valence-corrected chi connectivity index (χ4v) is 4.74. The number of hydrogen-bond donors (Lipinski definition) is 1. The number of aryl methyl sites for hydroxylation is 2. The van der Waals surface area contributed by atoms with Crippen LogP contribution in [-0.2, 0) is 0 Å². The first-order valence-corrected chi connectivity index (χ1v) is 11.4. The van der Waals surface area contributed by atoms with Gasteiger partial charge in [0.05, 0.1) is 42.5 Å². The molecule has 3 saturated heterocycles. The van der Waals surface area contributed by atoms with Gasteiger partial charge in [-0.3, -0.25) is 15.0 Å². The Hall–Kier alpha value is -2.68. The van der Waals surface area contributed by atoms with Crippen LogP contribution in [0.1, 0.15) is 29.7 Å². The van der Waals surface area contributed by atoms with Crippen LogP contribution in [0.3, 0.4) is 0 Å². The van der Waals surface area contributed by atoms with Crippen LogP contribution in [0.25, 0.3) is 0 Å². The Bertz CT molecular complexity index is 1000. The minimum absolute atomic E-state index is 0.0656. The first kappa shape index (κ1) is 22.5. The van der Waals surface area contributed by atoms with E-state index in [-0.39, 0.29) is 11.7 Å². The molecule has 2 aromatic carbocycles. The van der Waals surface area contributed by atoms with E-state index in [4.69, 9.17) is 0 Å². The van der Waals surface area contributed by atoms with Gasteiger partial charge >= 0.3 is 0 Å². The van der Waals surface area contributed by atoms with Crippen molar-refractivity contribution < 1.29 is 9.41 Å². The Kier molecular flexibility index (Phi) is 6.64. The number of fused-ring (bicyclic) bond motifs is 3. The van der Waals surface area contributed by atoms with Gasteiger partial charge in [0, 0.05) is 44.4 Å². The summed E-state index contributed by atoms with van der Waals surface area (Å²) in [6, 6.07) is 11.2. The van der Waals surface area contributed by atoms with Crippen LogP contribution in [-0.4, -0.2) is 66.7 Å². The maximum absolute atomic E-state index is 10.9. The zero-order valence-corrected chi connectivity index (χ0v) is 19.3. The second kappa shape index (κ2) is 9.44. The average Bonchev–Trinajstić information content (AvgIpc) is 2.79. The topological polar surface area (TPSA) is 83.1 Å². The molecular formula is C24H33N6O2+. The summed E-state index contributed by atoms with van der Waals surface area (Å²) in [5.74, 6) is 0. The summed E-state index contributed by atoms with van der Waals surface area (Å²) in [6.45, 7) is 15.9. The third kappa shape index (κ3) is 5.03. The number of quaternary nitrogens is 1. The van der Waals surface area contributed by atoms with Gasteiger partial charge < -0.3 is 9.80 Å². The average molecular weight is 438 g/mol. The van der Waals surface area contributed by atoms with E-state index in [9.17, 15) is 10.1 Å². The van der Waals surface area contributed by atoms with Crippen molar-refractivity contribution in [2.75, 3.05) is 52.4 Å². The summed E-state index contributed by atoms with van der Waals surface area (Å²) >= 11 is 0. The quantitative estimate of drug-likeness (QED) is 0.287. The highest BCUT2D eigenvalue weighted by Crippen LogP contribution is 2.28. The molecular weight excluding hydrogens is 404 g/mol. The van der Waals surface area contributed by atoms with Crippen molar-refractivity contribution in [2.24, 2.45) is 10.2 Å². The normalized spacial score (nSPS) is 23.5. The molecule has 2 aromatic rings. The summed E-state index contributed by atoms with van der Waals surface area (Å²) in [6.07, 6.45) is 0. The molecule has 2 bridgehead atoms. The van der Waals surface area contributed by atoms with E-state index in [0.29, 0.717) is 5.69 Å². The van der Waals surface area contributed by atoms with E-state index in [1.807, 2.05) is 13.0 Å². The fourth-order valence-electron chi connectivity index (χ4n) is 4.74. The standard InChI is InChI=1S/C24H33N6O2/c1-18-16-21(20(3)25-8-12-30-13-9-28(10-14-30)11-15-30)4-6-23(18)26-27-24-7-5-22(29(31)32)17-19(24)2/h4-7,16-17,20,25H,8-15H2,1-3H3/q+1. The number of piperazine rings is 3. The van der Waals surface area contributed by atoms with Crippen LogP contribution in [0, 0.1) is 24.0 Å². The van der Waals surface area contributed by atoms with E-state index >= 15 is 0 Å². The van der Waals surface area contributed by atoms with Crippen LogP contribution in [0.2, 0.25) is 0 Å². The number of nitrogens with zero attached hydrogens (tertiary/aromatic N) is 5. The molecule has 0 radical (unpaired) electrons. The van der Waals surface area contributed by atoms with Crippen molar-refractivity contribution in [3.8, 4) is 0 Å². The number of nitro groups is 1. The summed E-state index contributed by atoms with van der Waals surface area (Å²) in [7, 11) is 0. The lowest BCUT2D eigenvalue weighted by Crippen LogP contribution is -2.68. The summed E-state index contributed by atoms with van der Waals surface area (Å²) in [5.41, 5.74) is 4.56. The third-order valence-electron chi connectivity index (χ3n) is 7.09. The van der Waals surface area contributed by atoms with Crippen LogP contribution < -0.4 is 5.32 Å². The fraction of sp³-hybridized carbons (Fsp3) is 0.500. The molecule has 32 heavy (non-hydrogen) atoms. The molecule has 0 spiro atoms.